The van der Waals surface area contributed by atoms with E-state index in [0.29, 0.717) is 36.9 Å². The van der Waals surface area contributed by atoms with Crippen LogP contribution in [0.5, 0.6) is 5.75 Å². The second kappa shape index (κ2) is 11.1. The Kier molecular flexibility index (Phi) is 8.45. The van der Waals surface area contributed by atoms with E-state index in [9.17, 15) is 4.79 Å². The summed E-state index contributed by atoms with van der Waals surface area (Å²) in [4.78, 5) is 16.1. The van der Waals surface area contributed by atoms with Gasteiger partial charge >= 0.3 is 0 Å². The Bertz CT molecular complexity index is 746. The highest BCUT2D eigenvalue weighted by atomic mass is 35.5. The molecule has 7 heteroatoms. The number of benzene rings is 2. The van der Waals surface area contributed by atoms with Gasteiger partial charge in [0.15, 0.2) is 5.96 Å². The molecule has 0 aromatic heterocycles. The van der Waals surface area contributed by atoms with Gasteiger partial charge in [-0.05, 0) is 48.4 Å². The summed E-state index contributed by atoms with van der Waals surface area (Å²) in [6, 6.07) is 14.9. The van der Waals surface area contributed by atoms with Crippen LogP contribution in [-0.2, 0) is 11.3 Å². The second-order valence-corrected chi connectivity index (χ2v) is 6.30. The Morgan fingerprint density at radius 3 is 2.41 bits per heavy atom. The molecule has 0 aliphatic heterocycles. The van der Waals surface area contributed by atoms with Crippen molar-refractivity contribution in [3.63, 3.8) is 0 Å². The van der Waals surface area contributed by atoms with Gasteiger partial charge in [-0.3, -0.25) is 9.79 Å². The van der Waals surface area contributed by atoms with Crippen molar-refractivity contribution in [2.45, 2.75) is 19.4 Å². The minimum absolute atomic E-state index is 0.0275. The Morgan fingerprint density at radius 2 is 1.78 bits per heavy atom. The van der Waals surface area contributed by atoms with Crippen molar-refractivity contribution in [3.05, 3.63) is 59.1 Å². The number of anilines is 1. The van der Waals surface area contributed by atoms with Crippen molar-refractivity contribution in [2.24, 2.45) is 4.99 Å². The van der Waals surface area contributed by atoms with Crippen molar-refractivity contribution in [3.8, 4) is 5.75 Å². The lowest BCUT2D eigenvalue weighted by molar-refractivity contribution is -0.116. The van der Waals surface area contributed by atoms with Gasteiger partial charge in [-0.2, -0.15) is 0 Å². The predicted octanol–water partition coefficient (Wildman–Crippen LogP) is 3.43. The van der Waals surface area contributed by atoms with Gasteiger partial charge in [-0.15, -0.1) is 0 Å². The number of amides is 1. The zero-order valence-corrected chi connectivity index (χ0v) is 16.3. The molecule has 2 aromatic rings. The molecule has 0 heterocycles. The maximum Gasteiger partial charge on any atom is 0.224 e. The molecular formula is C20H25ClN4O2. The van der Waals surface area contributed by atoms with Crippen LogP contribution >= 0.6 is 11.6 Å². The van der Waals surface area contributed by atoms with Gasteiger partial charge in [0.25, 0.3) is 0 Å². The van der Waals surface area contributed by atoms with Crippen molar-refractivity contribution >= 4 is 29.2 Å². The van der Waals surface area contributed by atoms with Crippen LogP contribution in [0.1, 0.15) is 18.4 Å². The van der Waals surface area contributed by atoms with E-state index in [4.69, 9.17) is 16.3 Å². The summed E-state index contributed by atoms with van der Waals surface area (Å²) in [7, 11) is 3.37. The SMILES string of the molecule is CN=C(NCCCC(=O)Nc1ccc(Cl)cc1)NCc1ccc(OC)cc1. The van der Waals surface area contributed by atoms with E-state index < -0.39 is 0 Å². The highest BCUT2D eigenvalue weighted by molar-refractivity contribution is 6.30. The summed E-state index contributed by atoms with van der Waals surface area (Å²) in [6.45, 7) is 1.30. The third-order valence-electron chi connectivity index (χ3n) is 3.84. The third kappa shape index (κ3) is 7.58. The third-order valence-corrected chi connectivity index (χ3v) is 4.10. The van der Waals surface area contributed by atoms with Gasteiger partial charge in [-0.25, -0.2) is 0 Å². The van der Waals surface area contributed by atoms with Crippen LogP contribution in [0.15, 0.2) is 53.5 Å². The standard InChI is InChI=1S/C20H25ClN4O2/c1-22-20(24-14-15-5-11-18(27-2)12-6-15)23-13-3-4-19(26)25-17-9-7-16(21)8-10-17/h5-12H,3-4,13-14H2,1-2H3,(H,25,26)(H2,22,23,24). The highest BCUT2D eigenvalue weighted by Crippen LogP contribution is 2.13. The number of ether oxygens (including phenoxy) is 1. The summed E-state index contributed by atoms with van der Waals surface area (Å²) in [5.41, 5.74) is 1.87. The van der Waals surface area contributed by atoms with E-state index in [1.165, 1.54) is 0 Å². The second-order valence-electron chi connectivity index (χ2n) is 5.86. The molecular weight excluding hydrogens is 364 g/mol. The summed E-state index contributed by atoms with van der Waals surface area (Å²) in [5, 5.41) is 9.94. The molecule has 0 bridgehead atoms. The normalized spacial score (nSPS) is 11.0. The van der Waals surface area contributed by atoms with Crippen LogP contribution in [-0.4, -0.2) is 32.6 Å². The fraction of sp³-hybridized carbons (Fsp3) is 0.300. The molecule has 0 spiro atoms. The average molecular weight is 389 g/mol. The monoisotopic (exact) mass is 388 g/mol. The molecule has 0 aliphatic rings. The van der Waals surface area contributed by atoms with Gasteiger partial charge in [0.1, 0.15) is 5.75 Å². The number of methoxy groups -OCH3 is 1. The lowest BCUT2D eigenvalue weighted by atomic mass is 10.2. The molecule has 144 valence electrons. The van der Waals surface area contributed by atoms with Crippen LogP contribution < -0.4 is 20.7 Å². The van der Waals surface area contributed by atoms with Crippen LogP contribution in [0, 0.1) is 0 Å². The Hall–Kier alpha value is -2.73. The number of aliphatic imine (C=N–C) groups is 1. The number of carbonyl (C=O) groups excluding carboxylic acids is 1. The first kappa shape index (κ1) is 20.6. The van der Waals surface area contributed by atoms with Crippen molar-refractivity contribution < 1.29 is 9.53 Å². The topological polar surface area (TPSA) is 74.8 Å². The quantitative estimate of drug-likeness (QED) is 0.368. The summed E-state index contributed by atoms with van der Waals surface area (Å²) in [5.74, 6) is 1.50. The smallest absolute Gasteiger partial charge is 0.224 e. The first-order valence-corrected chi connectivity index (χ1v) is 9.11. The molecule has 0 saturated carbocycles. The van der Waals surface area contributed by atoms with Crippen molar-refractivity contribution in [1.29, 1.82) is 0 Å². The molecule has 2 rings (SSSR count). The molecule has 6 nitrogen and oxygen atoms in total. The number of guanidine groups is 1. The van der Waals surface area contributed by atoms with E-state index in [1.54, 1.807) is 38.4 Å². The van der Waals surface area contributed by atoms with Gasteiger partial charge < -0.3 is 20.7 Å². The molecule has 0 saturated heterocycles. The highest BCUT2D eigenvalue weighted by Gasteiger charge is 2.03. The molecule has 0 aliphatic carbocycles. The molecule has 2 aromatic carbocycles. The number of nitrogens with zero attached hydrogens (tertiary/aromatic N) is 1. The Balaban J connectivity index is 1.65. The van der Waals surface area contributed by atoms with E-state index in [1.807, 2.05) is 24.3 Å². The first-order chi connectivity index (χ1) is 13.1. The fourth-order valence-corrected chi connectivity index (χ4v) is 2.49. The number of carbonyl (C=O) groups is 1. The maximum absolute atomic E-state index is 11.9. The summed E-state index contributed by atoms with van der Waals surface area (Å²) < 4.78 is 5.15. The average Bonchev–Trinajstić information content (AvgIpc) is 2.69. The fourth-order valence-electron chi connectivity index (χ4n) is 2.36. The molecule has 0 fully saturated rings. The number of hydrogen-bond donors (Lipinski definition) is 3. The van der Waals surface area contributed by atoms with E-state index in [0.717, 1.165) is 17.0 Å². The zero-order valence-electron chi connectivity index (χ0n) is 15.6. The molecule has 0 unspecified atom stereocenters. The lowest BCUT2D eigenvalue weighted by Crippen LogP contribution is -2.37. The summed E-state index contributed by atoms with van der Waals surface area (Å²) in [6.07, 6.45) is 1.12. The maximum atomic E-state index is 11.9. The van der Waals surface area contributed by atoms with E-state index in [-0.39, 0.29) is 5.91 Å². The van der Waals surface area contributed by atoms with E-state index >= 15 is 0 Å². The van der Waals surface area contributed by atoms with E-state index in [2.05, 4.69) is 20.9 Å². The van der Waals surface area contributed by atoms with Gasteiger partial charge in [0.05, 0.1) is 7.11 Å². The van der Waals surface area contributed by atoms with Gasteiger partial charge in [0, 0.05) is 37.3 Å². The zero-order chi connectivity index (χ0) is 19.5. The molecule has 27 heavy (non-hydrogen) atoms. The van der Waals surface area contributed by atoms with Crippen LogP contribution in [0.25, 0.3) is 0 Å². The van der Waals surface area contributed by atoms with Crippen LogP contribution in [0.2, 0.25) is 5.02 Å². The number of nitrogens with one attached hydrogen (secondary N) is 3. The van der Waals surface area contributed by atoms with Crippen molar-refractivity contribution in [1.82, 2.24) is 10.6 Å². The molecule has 1 amide bonds. The molecule has 3 N–H and O–H groups in total. The number of rotatable bonds is 8. The Morgan fingerprint density at radius 1 is 1.07 bits per heavy atom. The van der Waals surface area contributed by atoms with Gasteiger partial charge in [0.2, 0.25) is 5.91 Å². The lowest BCUT2D eigenvalue weighted by Gasteiger charge is -2.12. The number of halogens is 1. The van der Waals surface area contributed by atoms with Crippen LogP contribution in [0.4, 0.5) is 5.69 Å². The summed E-state index contributed by atoms with van der Waals surface area (Å²) >= 11 is 5.83. The minimum Gasteiger partial charge on any atom is -0.497 e. The molecule has 0 atom stereocenters. The number of hydrogen-bond acceptors (Lipinski definition) is 3. The minimum atomic E-state index is -0.0275. The van der Waals surface area contributed by atoms with Crippen LogP contribution in [0.3, 0.4) is 0 Å². The first-order valence-electron chi connectivity index (χ1n) is 8.73. The Labute approximate surface area is 165 Å². The predicted molar refractivity (Wildman–Crippen MR) is 111 cm³/mol. The largest absolute Gasteiger partial charge is 0.497 e. The van der Waals surface area contributed by atoms with Gasteiger partial charge in [-0.1, -0.05) is 23.7 Å². The van der Waals surface area contributed by atoms with Crippen molar-refractivity contribution in [2.75, 3.05) is 26.0 Å². The molecule has 0 radical (unpaired) electrons.